The van der Waals surface area contributed by atoms with Crippen LogP contribution in [0.25, 0.3) is 0 Å². The summed E-state index contributed by atoms with van der Waals surface area (Å²) in [5.74, 6) is 1.79. The fourth-order valence-electron chi connectivity index (χ4n) is 1.49. The van der Waals surface area contributed by atoms with Crippen molar-refractivity contribution in [1.82, 2.24) is 0 Å². The molecule has 2 rings (SSSR count). The Kier molecular flexibility index (Phi) is 4.89. The number of nitrogens with one attached hydrogen (secondary N) is 1. The first-order valence-electron chi connectivity index (χ1n) is 4.86. The van der Waals surface area contributed by atoms with Crippen LogP contribution in [0.15, 0.2) is 16.6 Å². The van der Waals surface area contributed by atoms with Crippen molar-refractivity contribution in [2.45, 2.75) is 6.42 Å². The number of ether oxygens (including phenoxy) is 2. The third kappa shape index (κ3) is 3.41. The lowest BCUT2D eigenvalue weighted by Crippen LogP contribution is -3.00. The molecule has 17 heavy (non-hydrogen) atoms. The van der Waals surface area contributed by atoms with Crippen molar-refractivity contribution >= 4 is 21.9 Å². The average Bonchev–Trinajstić information content (AvgIpc) is 2.64. The van der Waals surface area contributed by atoms with Crippen LogP contribution in [-0.4, -0.2) is 19.3 Å². The predicted molar refractivity (Wildman–Crippen MR) is 63.2 cm³/mol. The Morgan fingerprint density at radius 1 is 1.29 bits per heavy atom. The lowest BCUT2D eigenvalue weighted by Gasteiger charge is -2.04. The highest BCUT2D eigenvalue weighted by Gasteiger charge is 2.15. The van der Waals surface area contributed by atoms with Gasteiger partial charge in [0.2, 0.25) is 6.79 Å². The van der Waals surface area contributed by atoms with Gasteiger partial charge in [-0.05, 0) is 17.7 Å². The van der Waals surface area contributed by atoms with E-state index < -0.39 is 0 Å². The number of benzene rings is 1. The van der Waals surface area contributed by atoms with Gasteiger partial charge in [0.15, 0.2) is 11.5 Å². The standard InChI is InChI=1S/C10H12BrN3O2.ClH/c11-7-4-9-8(15-5-16-9)3-6(7)1-2-14-10(12)13;/h3-4H,1-2,5H2,(H4,12,13,14);1H. The van der Waals surface area contributed by atoms with Gasteiger partial charge in [-0.15, -0.1) is 0 Å². The molecule has 0 aliphatic carbocycles. The average molecular weight is 323 g/mol. The number of fused-ring (bicyclic) bond motifs is 1. The second-order valence-corrected chi connectivity index (χ2v) is 4.28. The lowest BCUT2D eigenvalue weighted by molar-refractivity contribution is -0.458. The number of hydrogen-bond acceptors (Lipinski definition) is 2. The molecule has 0 atom stereocenters. The first-order chi connectivity index (χ1) is 7.66. The van der Waals surface area contributed by atoms with Crippen LogP contribution in [0, 0.1) is 0 Å². The Morgan fingerprint density at radius 3 is 2.59 bits per heavy atom. The van der Waals surface area contributed by atoms with E-state index in [9.17, 15) is 0 Å². The minimum atomic E-state index is 0. The molecule has 0 spiro atoms. The highest BCUT2D eigenvalue weighted by Crippen LogP contribution is 2.36. The zero-order chi connectivity index (χ0) is 11.5. The van der Waals surface area contributed by atoms with Gasteiger partial charge >= 0.3 is 5.96 Å². The van der Waals surface area contributed by atoms with Crippen molar-refractivity contribution in [2.75, 3.05) is 13.3 Å². The summed E-state index contributed by atoms with van der Waals surface area (Å²) in [5.41, 5.74) is 11.7. The minimum absolute atomic E-state index is 0. The first kappa shape index (κ1) is 13.9. The zero-order valence-electron chi connectivity index (χ0n) is 9.00. The Balaban J connectivity index is 0.00000144. The van der Waals surface area contributed by atoms with Crippen molar-refractivity contribution in [3.63, 3.8) is 0 Å². The molecule has 1 heterocycles. The fourth-order valence-corrected chi connectivity index (χ4v) is 2.01. The molecule has 1 aliphatic rings. The van der Waals surface area contributed by atoms with Gasteiger partial charge in [-0.2, -0.15) is 0 Å². The Bertz CT molecular complexity index is 436. The van der Waals surface area contributed by atoms with Gasteiger partial charge < -0.3 is 21.9 Å². The molecular formula is C10H13BrClN3O2. The van der Waals surface area contributed by atoms with Crippen LogP contribution in [0.1, 0.15) is 5.56 Å². The zero-order valence-corrected chi connectivity index (χ0v) is 11.3. The largest absolute Gasteiger partial charge is 1.00 e. The summed E-state index contributed by atoms with van der Waals surface area (Å²) in [6.45, 7) is 0.966. The molecule has 94 valence electrons. The monoisotopic (exact) mass is 321 g/mol. The number of rotatable bonds is 3. The molecular weight excluding hydrogens is 309 g/mol. The number of hydrogen-bond donors (Lipinski definition) is 3. The van der Waals surface area contributed by atoms with E-state index in [1.54, 1.807) is 0 Å². The van der Waals surface area contributed by atoms with Crippen molar-refractivity contribution in [3.8, 4) is 11.5 Å². The first-order valence-corrected chi connectivity index (χ1v) is 5.66. The van der Waals surface area contributed by atoms with Gasteiger partial charge in [0, 0.05) is 10.9 Å². The summed E-state index contributed by atoms with van der Waals surface area (Å²) in [6, 6.07) is 3.87. The second-order valence-electron chi connectivity index (χ2n) is 3.43. The third-order valence-corrected chi connectivity index (χ3v) is 3.00. The van der Waals surface area contributed by atoms with E-state index in [4.69, 9.17) is 20.9 Å². The molecule has 5 nitrogen and oxygen atoms in total. The molecule has 7 heteroatoms. The minimum Gasteiger partial charge on any atom is -1.00 e. The van der Waals surface area contributed by atoms with E-state index in [0.29, 0.717) is 6.54 Å². The SMILES string of the molecule is NC(N)=[NH+]CCc1cc2c(cc1Br)OCO2.[Cl-]. The molecule has 0 aromatic heterocycles. The molecule has 0 fully saturated rings. The maximum atomic E-state index is 5.31. The summed E-state index contributed by atoms with van der Waals surface area (Å²) >= 11 is 3.48. The smallest absolute Gasteiger partial charge is 0.338 e. The van der Waals surface area contributed by atoms with Crippen LogP contribution in [0.4, 0.5) is 0 Å². The van der Waals surface area contributed by atoms with Crippen molar-refractivity contribution in [1.29, 1.82) is 0 Å². The van der Waals surface area contributed by atoms with Gasteiger partial charge in [-0.25, -0.2) is 0 Å². The highest BCUT2D eigenvalue weighted by molar-refractivity contribution is 9.10. The maximum absolute atomic E-state index is 5.31. The van der Waals surface area contributed by atoms with Crippen LogP contribution < -0.4 is 38.3 Å². The normalized spacial score (nSPS) is 11.8. The highest BCUT2D eigenvalue weighted by atomic mass is 79.9. The van der Waals surface area contributed by atoms with Gasteiger partial charge in [-0.3, -0.25) is 16.5 Å². The maximum Gasteiger partial charge on any atom is 0.338 e. The molecule has 1 aromatic carbocycles. The molecule has 0 radical (unpaired) electrons. The van der Waals surface area contributed by atoms with E-state index in [2.05, 4.69) is 20.9 Å². The Labute approximate surface area is 114 Å². The summed E-state index contributed by atoms with van der Waals surface area (Å²) in [6.07, 6.45) is 0.801. The lowest BCUT2D eigenvalue weighted by atomic mass is 10.1. The van der Waals surface area contributed by atoms with Crippen molar-refractivity contribution in [2.24, 2.45) is 11.5 Å². The van der Waals surface area contributed by atoms with E-state index >= 15 is 0 Å². The summed E-state index contributed by atoms with van der Waals surface area (Å²) in [5, 5.41) is 0. The van der Waals surface area contributed by atoms with Gasteiger partial charge in [0.25, 0.3) is 0 Å². The van der Waals surface area contributed by atoms with Crippen molar-refractivity contribution in [3.05, 3.63) is 22.2 Å². The van der Waals surface area contributed by atoms with Crippen LogP contribution >= 0.6 is 15.9 Å². The topological polar surface area (TPSA) is 84.5 Å². The van der Waals surface area contributed by atoms with Crippen molar-refractivity contribution < 1.29 is 26.9 Å². The molecule has 0 saturated carbocycles. The summed E-state index contributed by atoms with van der Waals surface area (Å²) in [4.78, 5) is 2.87. The number of halogens is 2. The van der Waals surface area contributed by atoms with Crippen LogP contribution in [-0.2, 0) is 6.42 Å². The molecule has 0 unspecified atom stereocenters. The molecule has 0 bridgehead atoms. The Morgan fingerprint density at radius 2 is 1.94 bits per heavy atom. The van der Waals surface area contributed by atoms with Crippen LogP contribution in [0.5, 0.6) is 11.5 Å². The van der Waals surface area contributed by atoms with E-state index in [1.165, 1.54) is 0 Å². The van der Waals surface area contributed by atoms with Crippen LogP contribution in [0.3, 0.4) is 0 Å². The number of guanidine groups is 1. The summed E-state index contributed by atoms with van der Waals surface area (Å²) < 4.78 is 11.6. The molecule has 0 saturated heterocycles. The molecule has 0 amide bonds. The molecule has 1 aromatic rings. The third-order valence-electron chi connectivity index (χ3n) is 2.27. The molecule has 1 aliphatic heterocycles. The number of nitrogens with two attached hydrogens (primary N) is 2. The Hall–Kier alpha value is -1.14. The molecule has 5 N–H and O–H groups in total. The predicted octanol–water partition coefficient (Wildman–Crippen LogP) is -3.92. The van der Waals surface area contributed by atoms with Gasteiger partial charge in [0.05, 0.1) is 6.54 Å². The van der Waals surface area contributed by atoms with E-state index in [1.807, 2.05) is 12.1 Å². The van der Waals surface area contributed by atoms with Gasteiger partial charge in [0.1, 0.15) is 0 Å². The van der Waals surface area contributed by atoms with Crippen LogP contribution in [0.2, 0.25) is 0 Å². The fraction of sp³-hybridized carbons (Fsp3) is 0.300. The second kappa shape index (κ2) is 5.97. The van der Waals surface area contributed by atoms with E-state index in [-0.39, 0.29) is 25.2 Å². The quantitative estimate of drug-likeness (QED) is 0.392. The van der Waals surface area contributed by atoms with E-state index in [0.717, 1.165) is 28.0 Å². The summed E-state index contributed by atoms with van der Waals surface area (Å²) in [7, 11) is 0. The van der Waals surface area contributed by atoms with Gasteiger partial charge in [-0.1, -0.05) is 15.9 Å².